The molecule has 1 aromatic rings. The Morgan fingerprint density at radius 1 is 1.50 bits per heavy atom. The molecule has 0 heterocycles. The maximum atomic E-state index is 5.68. The molecule has 1 aliphatic carbocycles. The van der Waals surface area contributed by atoms with Gasteiger partial charge in [-0.3, -0.25) is 11.3 Å². The minimum absolute atomic E-state index is 0.287. The van der Waals surface area contributed by atoms with Crippen molar-refractivity contribution in [3.8, 4) is 0 Å². The Kier molecular flexibility index (Phi) is 4.64. The number of hydrogen-bond donors (Lipinski definition) is 2. The van der Waals surface area contributed by atoms with Crippen LogP contribution in [0.3, 0.4) is 0 Å². The molecule has 88 valence electrons. The zero-order chi connectivity index (χ0) is 11.5. The third kappa shape index (κ3) is 2.97. The lowest BCUT2D eigenvalue weighted by Crippen LogP contribution is -2.31. The summed E-state index contributed by atoms with van der Waals surface area (Å²) < 4.78 is 2.40. The summed E-state index contributed by atoms with van der Waals surface area (Å²) in [6, 6.07) is 6.66. The van der Waals surface area contributed by atoms with E-state index in [9.17, 15) is 0 Å². The SMILES string of the molecule is NNC(CC1CCC1)c1cc(Br)ccc1I. The van der Waals surface area contributed by atoms with Gasteiger partial charge in [0.1, 0.15) is 0 Å². The Morgan fingerprint density at radius 2 is 2.25 bits per heavy atom. The zero-order valence-electron chi connectivity index (χ0n) is 9.05. The van der Waals surface area contributed by atoms with E-state index in [0.29, 0.717) is 0 Å². The summed E-state index contributed by atoms with van der Waals surface area (Å²) in [5.41, 5.74) is 4.27. The molecule has 2 nitrogen and oxygen atoms in total. The van der Waals surface area contributed by atoms with Crippen LogP contribution in [-0.4, -0.2) is 0 Å². The predicted molar refractivity (Wildman–Crippen MR) is 78.9 cm³/mol. The molecule has 0 bridgehead atoms. The molecule has 16 heavy (non-hydrogen) atoms. The lowest BCUT2D eigenvalue weighted by Gasteiger charge is -2.30. The van der Waals surface area contributed by atoms with Gasteiger partial charge >= 0.3 is 0 Å². The van der Waals surface area contributed by atoms with E-state index in [2.05, 4.69) is 62.1 Å². The van der Waals surface area contributed by atoms with Crippen LogP contribution < -0.4 is 11.3 Å². The summed E-state index contributed by atoms with van der Waals surface area (Å²) in [7, 11) is 0. The van der Waals surface area contributed by atoms with E-state index in [1.54, 1.807) is 0 Å². The molecule has 0 saturated heterocycles. The Labute approximate surface area is 119 Å². The van der Waals surface area contributed by atoms with E-state index in [-0.39, 0.29) is 6.04 Å². The lowest BCUT2D eigenvalue weighted by atomic mass is 9.80. The van der Waals surface area contributed by atoms with Crippen LogP contribution in [-0.2, 0) is 0 Å². The van der Waals surface area contributed by atoms with Crippen LogP contribution in [0.1, 0.15) is 37.3 Å². The van der Waals surface area contributed by atoms with Gasteiger partial charge in [-0.05, 0) is 58.7 Å². The van der Waals surface area contributed by atoms with E-state index < -0.39 is 0 Å². The summed E-state index contributed by atoms with van der Waals surface area (Å²) in [5.74, 6) is 6.54. The first-order chi connectivity index (χ1) is 7.70. The highest BCUT2D eigenvalue weighted by molar-refractivity contribution is 14.1. The van der Waals surface area contributed by atoms with Crippen molar-refractivity contribution in [2.75, 3.05) is 0 Å². The first-order valence-electron chi connectivity index (χ1n) is 5.62. The van der Waals surface area contributed by atoms with Crippen molar-refractivity contribution in [3.05, 3.63) is 31.8 Å². The Balaban J connectivity index is 2.14. The molecule has 2 rings (SSSR count). The Morgan fingerprint density at radius 3 is 2.81 bits per heavy atom. The average molecular weight is 395 g/mol. The predicted octanol–water partition coefficient (Wildman–Crippen LogP) is 3.75. The molecule has 1 aliphatic rings. The fourth-order valence-electron chi connectivity index (χ4n) is 2.13. The average Bonchev–Trinajstić information content (AvgIpc) is 2.21. The van der Waals surface area contributed by atoms with Crippen molar-refractivity contribution in [1.82, 2.24) is 5.43 Å². The summed E-state index contributed by atoms with van der Waals surface area (Å²) in [5, 5.41) is 0. The van der Waals surface area contributed by atoms with Crippen molar-refractivity contribution >= 4 is 38.5 Å². The number of benzene rings is 1. The van der Waals surface area contributed by atoms with Gasteiger partial charge in [-0.1, -0.05) is 35.2 Å². The van der Waals surface area contributed by atoms with Crippen LogP contribution >= 0.6 is 38.5 Å². The number of hydrogen-bond acceptors (Lipinski definition) is 2. The zero-order valence-corrected chi connectivity index (χ0v) is 12.8. The van der Waals surface area contributed by atoms with E-state index >= 15 is 0 Å². The van der Waals surface area contributed by atoms with Gasteiger partial charge in [0.05, 0.1) is 0 Å². The molecule has 0 amide bonds. The van der Waals surface area contributed by atoms with E-state index in [1.165, 1.54) is 28.4 Å². The molecule has 0 aromatic heterocycles. The maximum Gasteiger partial charge on any atom is 0.0473 e. The van der Waals surface area contributed by atoms with Gasteiger partial charge in [-0.15, -0.1) is 0 Å². The van der Waals surface area contributed by atoms with Crippen LogP contribution in [0, 0.1) is 9.49 Å². The van der Waals surface area contributed by atoms with Gasteiger partial charge in [0, 0.05) is 14.1 Å². The monoisotopic (exact) mass is 394 g/mol. The highest BCUT2D eigenvalue weighted by Crippen LogP contribution is 2.36. The van der Waals surface area contributed by atoms with Crippen molar-refractivity contribution in [2.24, 2.45) is 11.8 Å². The maximum absolute atomic E-state index is 5.68. The van der Waals surface area contributed by atoms with Gasteiger partial charge in [-0.25, -0.2) is 0 Å². The molecule has 1 fully saturated rings. The Bertz CT molecular complexity index is 366. The minimum Gasteiger partial charge on any atom is -0.271 e. The molecule has 1 aromatic carbocycles. The van der Waals surface area contributed by atoms with Gasteiger partial charge in [0.15, 0.2) is 0 Å². The fraction of sp³-hybridized carbons (Fsp3) is 0.500. The highest BCUT2D eigenvalue weighted by Gasteiger charge is 2.23. The number of rotatable bonds is 4. The molecular formula is C12H16BrIN2. The first-order valence-corrected chi connectivity index (χ1v) is 7.49. The number of halogens is 2. The van der Waals surface area contributed by atoms with Crippen LogP contribution in [0.15, 0.2) is 22.7 Å². The third-order valence-corrected chi connectivity index (χ3v) is 4.80. The van der Waals surface area contributed by atoms with Crippen LogP contribution in [0.2, 0.25) is 0 Å². The largest absolute Gasteiger partial charge is 0.271 e. The molecule has 0 aliphatic heterocycles. The van der Waals surface area contributed by atoms with E-state index in [4.69, 9.17) is 5.84 Å². The third-order valence-electron chi connectivity index (χ3n) is 3.33. The number of nitrogens with one attached hydrogen (secondary N) is 1. The summed E-state index contributed by atoms with van der Waals surface area (Å²) >= 11 is 5.90. The molecule has 0 radical (unpaired) electrons. The van der Waals surface area contributed by atoms with Gasteiger partial charge in [0.2, 0.25) is 0 Å². The van der Waals surface area contributed by atoms with Crippen LogP contribution in [0.4, 0.5) is 0 Å². The standard InChI is InChI=1S/C12H16BrIN2/c13-9-4-5-11(14)10(7-9)12(16-15)6-8-2-1-3-8/h4-5,7-8,12,16H,1-3,6,15H2. The second-order valence-corrected chi connectivity index (χ2v) is 6.50. The molecule has 1 unspecified atom stereocenters. The topological polar surface area (TPSA) is 38.0 Å². The molecule has 4 heteroatoms. The molecule has 3 N–H and O–H groups in total. The molecular weight excluding hydrogens is 379 g/mol. The molecule has 1 atom stereocenters. The second-order valence-electron chi connectivity index (χ2n) is 4.42. The van der Waals surface area contributed by atoms with Crippen molar-refractivity contribution in [2.45, 2.75) is 31.7 Å². The first kappa shape index (κ1) is 12.8. The Hall–Kier alpha value is 0.350. The van der Waals surface area contributed by atoms with Gasteiger partial charge in [0.25, 0.3) is 0 Å². The van der Waals surface area contributed by atoms with Crippen LogP contribution in [0.25, 0.3) is 0 Å². The van der Waals surface area contributed by atoms with E-state index in [0.717, 1.165) is 16.8 Å². The fourth-order valence-corrected chi connectivity index (χ4v) is 3.22. The van der Waals surface area contributed by atoms with Crippen molar-refractivity contribution in [1.29, 1.82) is 0 Å². The summed E-state index contributed by atoms with van der Waals surface area (Å²) in [6.45, 7) is 0. The molecule has 0 spiro atoms. The van der Waals surface area contributed by atoms with Crippen LogP contribution in [0.5, 0.6) is 0 Å². The normalized spacial score (nSPS) is 18.2. The van der Waals surface area contributed by atoms with E-state index in [1.807, 2.05) is 0 Å². The minimum atomic E-state index is 0.287. The quantitative estimate of drug-likeness (QED) is 0.463. The smallest absolute Gasteiger partial charge is 0.0473 e. The van der Waals surface area contributed by atoms with Gasteiger partial charge in [-0.2, -0.15) is 0 Å². The summed E-state index contributed by atoms with van der Waals surface area (Å²) in [6.07, 6.45) is 5.27. The highest BCUT2D eigenvalue weighted by atomic mass is 127. The second kappa shape index (κ2) is 5.80. The number of hydrazine groups is 1. The van der Waals surface area contributed by atoms with Crippen molar-refractivity contribution in [3.63, 3.8) is 0 Å². The summed E-state index contributed by atoms with van der Waals surface area (Å²) in [4.78, 5) is 0. The molecule has 1 saturated carbocycles. The van der Waals surface area contributed by atoms with Gasteiger partial charge < -0.3 is 0 Å². The van der Waals surface area contributed by atoms with Crippen molar-refractivity contribution < 1.29 is 0 Å². The number of nitrogens with two attached hydrogens (primary N) is 1. The lowest BCUT2D eigenvalue weighted by molar-refractivity contribution is 0.261.